The van der Waals surface area contributed by atoms with Gasteiger partial charge in [0, 0.05) is 23.7 Å². The van der Waals surface area contributed by atoms with Crippen molar-refractivity contribution in [2.24, 2.45) is 5.10 Å². The van der Waals surface area contributed by atoms with E-state index >= 15 is 0 Å². The Morgan fingerprint density at radius 2 is 2.11 bits per heavy atom. The van der Waals surface area contributed by atoms with E-state index in [4.69, 9.17) is 9.47 Å². The molecule has 0 aromatic heterocycles. The minimum atomic E-state index is -0.235. The van der Waals surface area contributed by atoms with Crippen molar-refractivity contribution in [1.82, 2.24) is 5.01 Å². The molecule has 4 rings (SSSR count). The minimum absolute atomic E-state index is 0.0861. The highest BCUT2D eigenvalue weighted by atomic mass is 79.9. The van der Waals surface area contributed by atoms with Gasteiger partial charge in [0.25, 0.3) is 0 Å². The number of hydrazone groups is 1. The molecule has 2 aromatic carbocycles. The predicted octanol–water partition coefficient (Wildman–Crippen LogP) is 4.81. The first-order valence-electron chi connectivity index (χ1n) is 9.55. The number of nitrogens with zero attached hydrogens (tertiary/aromatic N) is 2. The fourth-order valence-electron chi connectivity index (χ4n) is 3.89. The summed E-state index contributed by atoms with van der Waals surface area (Å²) in [7, 11) is 1.42. The largest absolute Gasteiger partial charge is 0.486 e. The Morgan fingerprint density at radius 1 is 1.29 bits per heavy atom. The molecule has 2 unspecified atom stereocenters. The highest BCUT2D eigenvalue weighted by molar-refractivity contribution is 9.10. The molecular weight excluding hydrogens is 420 g/mol. The van der Waals surface area contributed by atoms with Crippen LogP contribution in [0.15, 0.2) is 52.0 Å². The van der Waals surface area contributed by atoms with Crippen molar-refractivity contribution in [3.8, 4) is 5.75 Å². The second-order valence-electron chi connectivity index (χ2n) is 7.10. The number of rotatable bonds is 6. The molecular formula is C22H23BrN2O3. The summed E-state index contributed by atoms with van der Waals surface area (Å²) in [5.41, 5.74) is 3.65. The van der Waals surface area contributed by atoms with Crippen LogP contribution in [0.25, 0.3) is 0 Å². The second kappa shape index (κ2) is 8.35. The number of hydrogen-bond donors (Lipinski definition) is 0. The first-order valence-corrected chi connectivity index (χ1v) is 10.3. The van der Waals surface area contributed by atoms with Crippen LogP contribution in [0.1, 0.15) is 48.1 Å². The van der Waals surface area contributed by atoms with Crippen LogP contribution in [0.4, 0.5) is 0 Å². The van der Waals surface area contributed by atoms with Crippen molar-refractivity contribution >= 4 is 28.1 Å². The Labute approximate surface area is 173 Å². The third-order valence-electron chi connectivity index (χ3n) is 5.34. The normalized spacial score (nSPS) is 18.8. The summed E-state index contributed by atoms with van der Waals surface area (Å²) < 4.78 is 12.2. The van der Waals surface area contributed by atoms with Crippen LogP contribution >= 0.6 is 15.9 Å². The zero-order chi connectivity index (χ0) is 19.5. The lowest BCUT2D eigenvalue weighted by molar-refractivity contribution is -0.142. The Balaban J connectivity index is 1.48. The number of methoxy groups -OCH3 is 1. The molecule has 0 radical (unpaired) electrons. The Morgan fingerprint density at radius 3 is 2.82 bits per heavy atom. The molecule has 6 heteroatoms. The van der Waals surface area contributed by atoms with Gasteiger partial charge in [-0.05, 0) is 53.8 Å². The maximum Gasteiger partial charge on any atom is 0.308 e. The standard InChI is InChI=1S/C22H23BrN2O3/c1-27-22(26)14-20(25-12-2-11-24-25)15-3-7-18(8-4-15)28-21-10-5-16-13-17(23)6-9-19(16)21/h3-4,6-9,11,13,20-21H,2,5,10,12,14H2,1H3. The van der Waals surface area contributed by atoms with E-state index in [-0.39, 0.29) is 24.5 Å². The van der Waals surface area contributed by atoms with Gasteiger partial charge in [-0.1, -0.05) is 34.1 Å². The summed E-state index contributed by atoms with van der Waals surface area (Å²) in [4.78, 5) is 11.9. The van der Waals surface area contributed by atoms with E-state index in [9.17, 15) is 4.79 Å². The maximum atomic E-state index is 11.9. The van der Waals surface area contributed by atoms with E-state index < -0.39 is 0 Å². The molecule has 28 heavy (non-hydrogen) atoms. The van der Waals surface area contributed by atoms with Crippen molar-refractivity contribution in [3.05, 3.63) is 63.6 Å². The van der Waals surface area contributed by atoms with Gasteiger partial charge in [0.05, 0.1) is 19.6 Å². The van der Waals surface area contributed by atoms with Gasteiger partial charge in [0.2, 0.25) is 0 Å². The monoisotopic (exact) mass is 442 g/mol. The van der Waals surface area contributed by atoms with E-state index in [1.165, 1.54) is 18.2 Å². The van der Waals surface area contributed by atoms with Gasteiger partial charge in [-0.3, -0.25) is 9.80 Å². The molecule has 0 bridgehead atoms. The number of fused-ring (bicyclic) bond motifs is 1. The summed E-state index contributed by atoms with van der Waals surface area (Å²) in [5, 5.41) is 6.36. The average molecular weight is 443 g/mol. The number of carbonyl (C=O) groups excluding carboxylic acids is 1. The van der Waals surface area contributed by atoms with Crippen molar-refractivity contribution in [1.29, 1.82) is 0 Å². The van der Waals surface area contributed by atoms with Crippen molar-refractivity contribution < 1.29 is 14.3 Å². The van der Waals surface area contributed by atoms with Crippen LogP contribution in [-0.2, 0) is 16.0 Å². The minimum Gasteiger partial charge on any atom is -0.486 e. The zero-order valence-corrected chi connectivity index (χ0v) is 17.4. The molecule has 5 nitrogen and oxygen atoms in total. The van der Waals surface area contributed by atoms with Gasteiger partial charge in [-0.2, -0.15) is 5.10 Å². The summed E-state index contributed by atoms with van der Waals surface area (Å²) in [5.74, 6) is 0.604. The highest BCUT2D eigenvalue weighted by Gasteiger charge is 2.26. The molecule has 2 aliphatic rings. The molecule has 0 saturated carbocycles. The highest BCUT2D eigenvalue weighted by Crippen LogP contribution is 2.37. The zero-order valence-electron chi connectivity index (χ0n) is 15.8. The lowest BCUT2D eigenvalue weighted by Crippen LogP contribution is -2.24. The summed E-state index contributed by atoms with van der Waals surface area (Å²) in [6.45, 7) is 0.814. The van der Waals surface area contributed by atoms with Gasteiger partial charge in [0.15, 0.2) is 0 Å². The Bertz CT molecular complexity index is 882. The summed E-state index contributed by atoms with van der Waals surface area (Å²) in [6, 6.07) is 14.3. The number of halogens is 1. The Kier molecular flexibility index (Phi) is 5.67. The van der Waals surface area contributed by atoms with Crippen LogP contribution in [-0.4, -0.2) is 30.8 Å². The topological polar surface area (TPSA) is 51.1 Å². The summed E-state index contributed by atoms with van der Waals surface area (Å²) in [6.07, 6.45) is 5.17. The van der Waals surface area contributed by atoms with Crippen LogP contribution in [0, 0.1) is 0 Å². The fraction of sp³-hybridized carbons (Fsp3) is 0.364. The molecule has 2 atom stereocenters. The molecule has 0 amide bonds. The first-order chi connectivity index (χ1) is 13.6. The maximum absolute atomic E-state index is 11.9. The summed E-state index contributed by atoms with van der Waals surface area (Å²) >= 11 is 3.54. The lowest BCUT2D eigenvalue weighted by atomic mass is 10.0. The Hall–Kier alpha value is -2.34. The van der Waals surface area contributed by atoms with Gasteiger partial charge in [-0.15, -0.1) is 0 Å². The quantitative estimate of drug-likeness (QED) is 0.602. The van der Waals surface area contributed by atoms with Crippen LogP contribution in [0.3, 0.4) is 0 Å². The van der Waals surface area contributed by atoms with Gasteiger partial charge in [0.1, 0.15) is 11.9 Å². The van der Waals surface area contributed by atoms with Crippen molar-refractivity contribution in [2.45, 2.75) is 37.8 Å². The molecule has 1 aliphatic heterocycles. The van der Waals surface area contributed by atoms with Gasteiger partial charge >= 0.3 is 5.97 Å². The van der Waals surface area contributed by atoms with Gasteiger partial charge < -0.3 is 9.47 Å². The van der Waals surface area contributed by atoms with Crippen molar-refractivity contribution in [3.63, 3.8) is 0 Å². The molecule has 0 saturated heterocycles. The molecule has 1 aliphatic carbocycles. The first kappa shape index (κ1) is 19.0. The number of benzene rings is 2. The van der Waals surface area contributed by atoms with Crippen molar-refractivity contribution in [2.75, 3.05) is 13.7 Å². The van der Waals surface area contributed by atoms with Gasteiger partial charge in [-0.25, -0.2) is 0 Å². The number of esters is 1. The fourth-order valence-corrected chi connectivity index (χ4v) is 4.29. The van der Waals surface area contributed by atoms with Crippen LogP contribution < -0.4 is 4.74 Å². The molecule has 2 aromatic rings. The third-order valence-corrected chi connectivity index (χ3v) is 5.83. The number of hydrogen-bond acceptors (Lipinski definition) is 5. The third kappa shape index (κ3) is 4.07. The number of ether oxygens (including phenoxy) is 2. The molecule has 146 valence electrons. The van der Waals surface area contributed by atoms with E-state index in [1.807, 2.05) is 35.5 Å². The average Bonchev–Trinajstić information content (AvgIpc) is 3.37. The van der Waals surface area contributed by atoms with E-state index in [0.717, 1.165) is 41.6 Å². The number of aryl methyl sites for hydroxylation is 1. The van der Waals surface area contributed by atoms with Crippen LogP contribution in [0.5, 0.6) is 5.75 Å². The van der Waals surface area contributed by atoms with E-state index in [1.54, 1.807) is 0 Å². The van der Waals surface area contributed by atoms with Crippen LogP contribution in [0.2, 0.25) is 0 Å². The number of carbonyl (C=O) groups is 1. The smallest absolute Gasteiger partial charge is 0.308 e. The SMILES string of the molecule is COC(=O)CC(c1ccc(OC2CCc3cc(Br)ccc32)cc1)N1CCC=N1. The van der Waals surface area contributed by atoms with E-state index in [0.29, 0.717) is 0 Å². The molecule has 0 spiro atoms. The van der Waals surface area contributed by atoms with E-state index in [2.05, 4.69) is 39.2 Å². The molecule has 0 N–H and O–H groups in total. The second-order valence-corrected chi connectivity index (χ2v) is 8.02. The molecule has 0 fully saturated rings. The lowest BCUT2D eigenvalue weighted by Gasteiger charge is -2.26. The predicted molar refractivity (Wildman–Crippen MR) is 111 cm³/mol. The molecule has 1 heterocycles.